The van der Waals surface area contributed by atoms with Gasteiger partial charge < -0.3 is 5.32 Å². The van der Waals surface area contributed by atoms with E-state index in [4.69, 9.17) is 4.89 Å². The molecule has 1 rings (SSSR count). The Labute approximate surface area is 78.9 Å². The lowest BCUT2D eigenvalue weighted by Gasteiger charge is -2.21. The highest BCUT2D eigenvalue weighted by atomic mass is 31.1. The molecule has 13 heavy (non-hydrogen) atoms. The van der Waals surface area contributed by atoms with Crippen LogP contribution < -0.4 is 5.32 Å². The summed E-state index contributed by atoms with van der Waals surface area (Å²) in [5, 5.41) is 3.13. The van der Waals surface area contributed by atoms with E-state index in [1.54, 1.807) is 6.20 Å². The first-order chi connectivity index (χ1) is 6.29. The number of rotatable bonds is 4. The normalized spacial score (nSPS) is 20.2. The molecular formula is C8H15NO3P+. The molecule has 0 aromatic rings. The first kappa shape index (κ1) is 10.5. The molecule has 0 radical (unpaired) electrons. The SMILES string of the molecule is O=[P+](O)O/C=C/NC1CCCCC1. The van der Waals surface area contributed by atoms with Crippen LogP contribution in [0, 0.1) is 0 Å². The lowest BCUT2D eigenvalue weighted by Crippen LogP contribution is -2.26. The second-order valence-corrected chi connectivity index (χ2v) is 3.83. The third kappa shape index (κ3) is 4.86. The molecule has 1 aliphatic carbocycles. The van der Waals surface area contributed by atoms with Crippen molar-refractivity contribution in [1.29, 1.82) is 0 Å². The van der Waals surface area contributed by atoms with Crippen LogP contribution in [0.4, 0.5) is 0 Å². The molecule has 0 aromatic carbocycles. The summed E-state index contributed by atoms with van der Waals surface area (Å²) in [7, 11) is -2.51. The summed E-state index contributed by atoms with van der Waals surface area (Å²) in [6, 6.07) is 0.505. The quantitative estimate of drug-likeness (QED) is 0.543. The number of hydrogen-bond acceptors (Lipinski definition) is 3. The van der Waals surface area contributed by atoms with Gasteiger partial charge in [-0.3, -0.25) is 0 Å². The summed E-state index contributed by atoms with van der Waals surface area (Å²) < 4.78 is 14.5. The van der Waals surface area contributed by atoms with Crippen molar-refractivity contribution in [3.63, 3.8) is 0 Å². The standard InChI is InChI=1S/C8H14NO3P/c10-13(11)12-7-6-9-8-4-2-1-3-5-8/h6-9H,1-5H2/p+1/b7-6+. The highest BCUT2D eigenvalue weighted by Gasteiger charge is 2.11. The van der Waals surface area contributed by atoms with Crippen LogP contribution in [-0.4, -0.2) is 10.9 Å². The highest BCUT2D eigenvalue weighted by molar-refractivity contribution is 7.32. The Morgan fingerprint density at radius 1 is 1.38 bits per heavy atom. The van der Waals surface area contributed by atoms with Crippen molar-refractivity contribution in [1.82, 2.24) is 5.32 Å². The highest BCUT2D eigenvalue weighted by Crippen LogP contribution is 2.17. The average Bonchev–Trinajstić information content (AvgIpc) is 2.14. The fourth-order valence-corrected chi connectivity index (χ4v) is 1.69. The molecule has 0 bridgehead atoms. The van der Waals surface area contributed by atoms with Crippen molar-refractivity contribution in [2.24, 2.45) is 0 Å². The minimum Gasteiger partial charge on any atom is -0.386 e. The largest absolute Gasteiger partial charge is 0.746 e. The molecule has 1 saturated carbocycles. The van der Waals surface area contributed by atoms with E-state index in [-0.39, 0.29) is 0 Å². The molecule has 4 nitrogen and oxygen atoms in total. The van der Waals surface area contributed by atoms with E-state index in [1.165, 1.54) is 38.4 Å². The maximum absolute atomic E-state index is 10.1. The van der Waals surface area contributed by atoms with Crippen LogP contribution in [0.5, 0.6) is 0 Å². The van der Waals surface area contributed by atoms with Crippen molar-refractivity contribution >= 4 is 8.25 Å². The first-order valence-electron chi connectivity index (χ1n) is 4.53. The first-order valence-corrected chi connectivity index (χ1v) is 5.66. The van der Waals surface area contributed by atoms with Crippen LogP contribution in [0.1, 0.15) is 32.1 Å². The van der Waals surface area contributed by atoms with E-state index in [9.17, 15) is 4.57 Å². The Morgan fingerprint density at radius 3 is 2.69 bits per heavy atom. The van der Waals surface area contributed by atoms with Gasteiger partial charge in [-0.25, -0.2) is 4.52 Å². The predicted octanol–water partition coefficient (Wildman–Crippen LogP) is 2.05. The monoisotopic (exact) mass is 204 g/mol. The second-order valence-electron chi connectivity index (χ2n) is 3.15. The van der Waals surface area contributed by atoms with E-state index in [0.29, 0.717) is 6.04 Å². The van der Waals surface area contributed by atoms with Crippen LogP contribution in [0.15, 0.2) is 12.5 Å². The van der Waals surface area contributed by atoms with Gasteiger partial charge in [-0.15, -0.1) is 4.89 Å². The Kier molecular flexibility index (Phi) is 4.79. The minimum absolute atomic E-state index is 0.505. The Morgan fingerprint density at radius 2 is 2.08 bits per heavy atom. The zero-order chi connectivity index (χ0) is 9.52. The molecule has 1 atom stereocenters. The maximum atomic E-state index is 10.1. The van der Waals surface area contributed by atoms with Gasteiger partial charge in [0.05, 0.1) is 0 Å². The van der Waals surface area contributed by atoms with Crippen molar-refractivity contribution in [2.45, 2.75) is 38.1 Å². The van der Waals surface area contributed by atoms with Crippen LogP contribution in [-0.2, 0) is 9.09 Å². The molecule has 5 heteroatoms. The molecule has 0 heterocycles. The van der Waals surface area contributed by atoms with E-state index in [2.05, 4.69) is 9.84 Å². The van der Waals surface area contributed by atoms with Gasteiger partial charge in [-0.2, -0.15) is 0 Å². The fourth-order valence-electron chi connectivity index (χ4n) is 1.53. The average molecular weight is 204 g/mol. The van der Waals surface area contributed by atoms with Gasteiger partial charge in [-0.05, 0) is 12.8 Å². The summed E-state index contributed by atoms with van der Waals surface area (Å²) in [4.78, 5) is 8.30. The van der Waals surface area contributed by atoms with Crippen LogP contribution in [0.3, 0.4) is 0 Å². The van der Waals surface area contributed by atoms with Crippen molar-refractivity contribution in [3.8, 4) is 0 Å². The summed E-state index contributed by atoms with van der Waals surface area (Å²) in [6.45, 7) is 0. The van der Waals surface area contributed by atoms with Crippen molar-refractivity contribution in [3.05, 3.63) is 12.5 Å². The van der Waals surface area contributed by atoms with Gasteiger partial charge in [0.2, 0.25) is 0 Å². The van der Waals surface area contributed by atoms with Crippen LogP contribution in [0.2, 0.25) is 0 Å². The van der Waals surface area contributed by atoms with Gasteiger partial charge in [0.15, 0.2) is 6.26 Å². The molecule has 0 saturated heterocycles. The van der Waals surface area contributed by atoms with Crippen molar-refractivity contribution < 1.29 is 14.0 Å². The Bertz CT molecular complexity index is 190. The molecule has 74 valence electrons. The zero-order valence-electron chi connectivity index (χ0n) is 7.48. The van der Waals surface area contributed by atoms with E-state index >= 15 is 0 Å². The van der Waals surface area contributed by atoms with Gasteiger partial charge in [0.25, 0.3) is 0 Å². The zero-order valence-corrected chi connectivity index (χ0v) is 8.37. The lowest BCUT2D eigenvalue weighted by molar-refractivity contribution is 0.370. The molecule has 0 spiro atoms. The predicted molar refractivity (Wildman–Crippen MR) is 50.1 cm³/mol. The summed E-state index contributed by atoms with van der Waals surface area (Å²) in [5.74, 6) is 0. The topological polar surface area (TPSA) is 58.6 Å². The van der Waals surface area contributed by atoms with Crippen molar-refractivity contribution in [2.75, 3.05) is 0 Å². The van der Waals surface area contributed by atoms with Crippen LogP contribution >= 0.6 is 8.25 Å². The van der Waals surface area contributed by atoms with Gasteiger partial charge >= 0.3 is 8.25 Å². The van der Waals surface area contributed by atoms with E-state index in [0.717, 1.165) is 0 Å². The van der Waals surface area contributed by atoms with Gasteiger partial charge in [-0.1, -0.05) is 19.3 Å². The number of nitrogens with one attached hydrogen (secondary N) is 1. The molecule has 1 fully saturated rings. The Hall–Kier alpha value is -0.600. The third-order valence-corrected chi connectivity index (χ3v) is 2.46. The summed E-state index contributed by atoms with van der Waals surface area (Å²) >= 11 is 0. The molecule has 0 aliphatic heterocycles. The fraction of sp³-hybridized carbons (Fsp3) is 0.750. The minimum atomic E-state index is -2.51. The lowest BCUT2D eigenvalue weighted by atomic mass is 9.96. The second kappa shape index (κ2) is 5.95. The molecule has 0 amide bonds. The number of hydrogen-bond donors (Lipinski definition) is 2. The molecular weight excluding hydrogens is 189 g/mol. The van der Waals surface area contributed by atoms with E-state index in [1.807, 2.05) is 0 Å². The van der Waals surface area contributed by atoms with Gasteiger partial charge in [0.1, 0.15) is 0 Å². The van der Waals surface area contributed by atoms with Gasteiger partial charge in [0, 0.05) is 16.8 Å². The van der Waals surface area contributed by atoms with Crippen LogP contribution in [0.25, 0.3) is 0 Å². The Balaban J connectivity index is 2.09. The molecule has 1 unspecified atom stereocenters. The molecule has 2 N–H and O–H groups in total. The third-order valence-electron chi connectivity index (χ3n) is 2.16. The molecule has 1 aliphatic rings. The maximum Gasteiger partial charge on any atom is 0.746 e. The summed E-state index contributed by atoms with van der Waals surface area (Å²) in [6.07, 6.45) is 9.03. The summed E-state index contributed by atoms with van der Waals surface area (Å²) in [5.41, 5.74) is 0. The van der Waals surface area contributed by atoms with E-state index < -0.39 is 8.25 Å². The molecule has 0 aromatic heterocycles. The smallest absolute Gasteiger partial charge is 0.386 e.